The molecule has 0 aliphatic carbocycles. The van der Waals surface area contributed by atoms with E-state index in [4.69, 9.17) is 20.0 Å². The molecule has 112 valence electrons. The van der Waals surface area contributed by atoms with Crippen LogP contribution in [0.5, 0.6) is 11.5 Å². The van der Waals surface area contributed by atoms with Crippen molar-refractivity contribution in [1.82, 2.24) is 0 Å². The summed E-state index contributed by atoms with van der Waals surface area (Å²) in [5, 5.41) is 17.8. The number of benzene rings is 1. The van der Waals surface area contributed by atoms with E-state index in [0.717, 1.165) is 19.3 Å². The molecule has 0 spiro atoms. The average molecular weight is 286 g/mol. The molecule has 1 aromatic rings. The Morgan fingerprint density at radius 1 is 1.10 bits per heavy atom. The summed E-state index contributed by atoms with van der Waals surface area (Å²) >= 11 is 0. The smallest absolute Gasteiger partial charge is 0.162 e. The van der Waals surface area contributed by atoms with Gasteiger partial charge in [0, 0.05) is 6.07 Å². The van der Waals surface area contributed by atoms with E-state index in [1.807, 2.05) is 20.8 Å². The molecule has 0 saturated heterocycles. The van der Waals surface area contributed by atoms with Gasteiger partial charge in [0.1, 0.15) is 0 Å². The predicted octanol–water partition coefficient (Wildman–Crippen LogP) is 4.06. The monoisotopic (exact) mass is 286 g/mol. The third-order valence-electron chi connectivity index (χ3n) is 3.13. The van der Waals surface area contributed by atoms with Crippen molar-refractivity contribution in [3.05, 3.63) is 23.8 Å². The number of nitriles is 2. The Balaban J connectivity index is 2.49. The Morgan fingerprint density at radius 2 is 1.86 bits per heavy atom. The largest absolute Gasteiger partial charge is 0.490 e. The first-order valence-electron chi connectivity index (χ1n) is 7.23. The molecule has 4 nitrogen and oxygen atoms in total. The van der Waals surface area contributed by atoms with Gasteiger partial charge in [-0.2, -0.15) is 10.5 Å². The molecule has 0 bridgehead atoms. The van der Waals surface area contributed by atoms with Gasteiger partial charge in [-0.15, -0.1) is 0 Å². The van der Waals surface area contributed by atoms with Crippen LogP contribution in [0.4, 0.5) is 0 Å². The van der Waals surface area contributed by atoms with Crippen LogP contribution in [0, 0.1) is 28.1 Å². The van der Waals surface area contributed by atoms with Gasteiger partial charge in [0.15, 0.2) is 11.5 Å². The predicted molar refractivity (Wildman–Crippen MR) is 81.1 cm³/mol. The molecule has 0 N–H and O–H groups in total. The van der Waals surface area contributed by atoms with E-state index in [2.05, 4.69) is 12.1 Å². The SMILES string of the molecule is CCOc1cc(C#N)ccc1OCCCCC(C)(C)C#N. The van der Waals surface area contributed by atoms with Gasteiger partial charge in [-0.05, 0) is 52.2 Å². The van der Waals surface area contributed by atoms with Crippen molar-refractivity contribution in [1.29, 1.82) is 10.5 Å². The highest BCUT2D eigenvalue weighted by Crippen LogP contribution is 2.29. The minimum Gasteiger partial charge on any atom is -0.490 e. The number of unbranched alkanes of at least 4 members (excludes halogenated alkanes) is 1. The fourth-order valence-corrected chi connectivity index (χ4v) is 1.87. The minimum absolute atomic E-state index is 0.273. The summed E-state index contributed by atoms with van der Waals surface area (Å²) in [5.41, 5.74) is 0.284. The second-order valence-corrected chi connectivity index (χ2v) is 5.51. The zero-order valence-electron chi connectivity index (χ0n) is 13.0. The average Bonchev–Trinajstić information content (AvgIpc) is 2.48. The molecule has 0 radical (unpaired) electrons. The summed E-state index contributed by atoms with van der Waals surface area (Å²) in [6, 6.07) is 9.56. The zero-order valence-corrected chi connectivity index (χ0v) is 13.0. The molecule has 0 aliphatic rings. The normalized spacial score (nSPS) is 10.5. The molecule has 1 rings (SSSR count). The van der Waals surface area contributed by atoms with Crippen LogP contribution in [0.1, 0.15) is 45.6 Å². The van der Waals surface area contributed by atoms with Crippen LogP contribution in [0.15, 0.2) is 18.2 Å². The molecule has 0 saturated carbocycles. The summed E-state index contributed by atoms with van der Waals surface area (Å²) in [6.07, 6.45) is 2.69. The lowest BCUT2D eigenvalue weighted by Crippen LogP contribution is -2.08. The molecule has 0 unspecified atom stereocenters. The molecular formula is C17H22N2O2. The third-order valence-corrected chi connectivity index (χ3v) is 3.13. The first-order valence-corrected chi connectivity index (χ1v) is 7.23. The molecule has 0 amide bonds. The van der Waals surface area contributed by atoms with Crippen molar-refractivity contribution in [2.45, 2.75) is 40.0 Å². The van der Waals surface area contributed by atoms with Crippen LogP contribution in [-0.2, 0) is 0 Å². The molecule has 0 atom stereocenters. The lowest BCUT2D eigenvalue weighted by Gasteiger charge is -2.15. The Labute approximate surface area is 126 Å². The second kappa shape index (κ2) is 8.17. The Hall–Kier alpha value is -2.20. The van der Waals surface area contributed by atoms with Gasteiger partial charge >= 0.3 is 0 Å². The Kier molecular flexibility index (Phi) is 6.56. The highest BCUT2D eigenvalue weighted by molar-refractivity contribution is 5.46. The van der Waals surface area contributed by atoms with Crippen molar-refractivity contribution >= 4 is 0 Å². The Bertz CT molecular complexity index is 539. The van der Waals surface area contributed by atoms with E-state index in [0.29, 0.717) is 30.3 Å². The van der Waals surface area contributed by atoms with Gasteiger partial charge < -0.3 is 9.47 Å². The van der Waals surface area contributed by atoms with E-state index in [9.17, 15) is 0 Å². The van der Waals surface area contributed by atoms with Crippen LogP contribution in [0.2, 0.25) is 0 Å². The molecule has 21 heavy (non-hydrogen) atoms. The maximum Gasteiger partial charge on any atom is 0.162 e. The summed E-state index contributed by atoms with van der Waals surface area (Å²) in [4.78, 5) is 0. The summed E-state index contributed by atoms with van der Waals surface area (Å²) in [6.45, 7) is 6.89. The van der Waals surface area contributed by atoms with Crippen LogP contribution in [0.3, 0.4) is 0 Å². The Morgan fingerprint density at radius 3 is 2.48 bits per heavy atom. The maximum atomic E-state index is 8.95. The molecule has 0 heterocycles. The molecule has 0 aliphatic heterocycles. The van der Waals surface area contributed by atoms with Crippen molar-refractivity contribution in [2.75, 3.05) is 13.2 Å². The van der Waals surface area contributed by atoms with Crippen LogP contribution < -0.4 is 9.47 Å². The number of hydrogen-bond donors (Lipinski definition) is 0. The van der Waals surface area contributed by atoms with Crippen molar-refractivity contribution in [2.24, 2.45) is 5.41 Å². The minimum atomic E-state index is -0.273. The van der Waals surface area contributed by atoms with Gasteiger partial charge in [-0.3, -0.25) is 0 Å². The van der Waals surface area contributed by atoms with Gasteiger partial charge in [0.05, 0.1) is 36.3 Å². The highest BCUT2D eigenvalue weighted by atomic mass is 16.5. The molecular weight excluding hydrogens is 264 g/mol. The van der Waals surface area contributed by atoms with Crippen LogP contribution in [-0.4, -0.2) is 13.2 Å². The van der Waals surface area contributed by atoms with Gasteiger partial charge in [-0.25, -0.2) is 0 Å². The van der Waals surface area contributed by atoms with Crippen molar-refractivity contribution in [3.63, 3.8) is 0 Å². The fraction of sp³-hybridized carbons (Fsp3) is 0.529. The van der Waals surface area contributed by atoms with Crippen molar-refractivity contribution in [3.8, 4) is 23.6 Å². The lowest BCUT2D eigenvalue weighted by molar-refractivity contribution is 0.266. The summed E-state index contributed by atoms with van der Waals surface area (Å²) < 4.78 is 11.2. The molecule has 0 fully saturated rings. The van der Waals surface area contributed by atoms with Gasteiger partial charge in [0.2, 0.25) is 0 Å². The summed E-state index contributed by atoms with van der Waals surface area (Å²) in [7, 11) is 0. The molecule has 1 aromatic carbocycles. The quantitative estimate of drug-likeness (QED) is 0.676. The highest BCUT2D eigenvalue weighted by Gasteiger charge is 2.15. The van der Waals surface area contributed by atoms with Crippen LogP contribution in [0.25, 0.3) is 0 Å². The van der Waals surface area contributed by atoms with Gasteiger partial charge in [0.25, 0.3) is 0 Å². The van der Waals surface area contributed by atoms with Crippen molar-refractivity contribution < 1.29 is 9.47 Å². The van der Waals surface area contributed by atoms with E-state index in [-0.39, 0.29) is 5.41 Å². The molecule has 0 aromatic heterocycles. The first kappa shape index (κ1) is 16.9. The fourth-order valence-electron chi connectivity index (χ4n) is 1.87. The number of rotatable bonds is 8. The number of hydrogen-bond acceptors (Lipinski definition) is 4. The number of ether oxygens (including phenoxy) is 2. The topological polar surface area (TPSA) is 66.0 Å². The van der Waals surface area contributed by atoms with E-state index in [1.54, 1.807) is 18.2 Å². The van der Waals surface area contributed by atoms with Crippen LogP contribution >= 0.6 is 0 Å². The van der Waals surface area contributed by atoms with E-state index >= 15 is 0 Å². The maximum absolute atomic E-state index is 8.95. The lowest BCUT2D eigenvalue weighted by atomic mass is 9.89. The van der Waals surface area contributed by atoms with E-state index < -0.39 is 0 Å². The second-order valence-electron chi connectivity index (χ2n) is 5.51. The third kappa shape index (κ3) is 5.75. The van der Waals surface area contributed by atoms with Gasteiger partial charge in [-0.1, -0.05) is 0 Å². The first-order chi connectivity index (χ1) is 10.0. The number of nitrogens with zero attached hydrogens (tertiary/aromatic N) is 2. The molecule has 4 heteroatoms. The zero-order chi connectivity index (χ0) is 15.7. The standard InChI is InChI=1S/C17H22N2O2/c1-4-20-16-11-14(12-18)7-8-15(16)21-10-6-5-9-17(2,3)13-19/h7-8,11H,4-6,9-10H2,1-3H3. The summed E-state index contributed by atoms with van der Waals surface area (Å²) in [5.74, 6) is 1.27. The van der Waals surface area contributed by atoms with E-state index in [1.165, 1.54) is 0 Å².